The minimum atomic E-state index is -0.687. The summed E-state index contributed by atoms with van der Waals surface area (Å²) in [5, 5.41) is 11.2. The Kier molecular flexibility index (Phi) is 5.69. The zero-order valence-electron chi connectivity index (χ0n) is 13.6. The first-order chi connectivity index (χ1) is 12.5. The highest BCUT2D eigenvalue weighted by molar-refractivity contribution is 9.11. The number of nitrogens with zero attached hydrogens (tertiary/aromatic N) is 4. The molecule has 0 fully saturated rings. The second-order valence-electron chi connectivity index (χ2n) is 5.18. The lowest BCUT2D eigenvalue weighted by Gasteiger charge is -2.08. The second-order valence-corrected chi connectivity index (χ2v) is 7.64. The van der Waals surface area contributed by atoms with Gasteiger partial charge in [0.2, 0.25) is 5.78 Å². The lowest BCUT2D eigenvalue weighted by atomic mass is 10.2. The van der Waals surface area contributed by atoms with E-state index in [0.717, 1.165) is 9.35 Å². The van der Waals surface area contributed by atoms with Crippen molar-refractivity contribution in [3.05, 3.63) is 62.5 Å². The van der Waals surface area contributed by atoms with E-state index in [9.17, 15) is 9.59 Å². The lowest BCUT2D eigenvalue weighted by molar-refractivity contribution is -0.136. The molecular weight excluding hydrogens is 420 g/mol. The van der Waals surface area contributed by atoms with Crippen molar-refractivity contribution in [2.75, 3.05) is 6.61 Å². The number of halogens is 1. The van der Waals surface area contributed by atoms with Crippen LogP contribution < -0.4 is 0 Å². The average Bonchev–Trinajstić information content (AvgIpc) is 3.26. The number of esters is 1. The molecule has 0 aliphatic heterocycles. The number of aromatic nitrogens is 4. The van der Waals surface area contributed by atoms with Gasteiger partial charge in [-0.1, -0.05) is 30.3 Å². The molecule has 0 radical (unpaired) electrons. The molecular formula is C17H13BrN4O3S. The number of tetrazole rings is 1. The molecule has 3 aromatic rings. The van der Waals surface area contributed by atoms with Gasteiger partial charge in [0, 0.05) is 0 Å². The van der Waals surface area contributed by atoms with Crippen molar-refractivity contribution < 1.29 is 14.3 Å². The molecule has 2 aromatic heterocycles. The van der Waals surface area contributed by atoms with E-state index >= 15 is 0 Å². The Morgan fingerprint density at radius 2 is 2.00 bits per heavy atom. The SMILES string of the molecule is Cc1nnnn1/C(=C\c1ccccc1)C(=O)OCC(=O)c1ccc(Br)s1. The molecule has 7 nitrogen and oxygen atoms in total. The number of carbonyl (C=O) groups excluding carboxylic acids is 2. The summed E-state index contributed by atoms with van der Waals surface area (Å²) in [6.45, 7) is 1.31. The summed E-state index contributed by atoms with van der Waals surface area (Å²) in [6, 6.07) is 12.7. The molecule has 0 saturated carbocycles. The van der Waals surface area contributed by atoms with Gasteiger partial charge in [0.15, 0.2) is 18.1 Å². The highest BCUT2D eigenvalue weighted by atomic mass is 79.9. The van der Waals surface area contributed by atoms with Gasteiger partial charge < -0.3 is 4.74 Å². The molecule has 0 N–H and O–H groups in total. The molecule has 0 atom stereocenters. The molecule has 2 heterocycles. The Morgan fingerprint density at radius 3 is 2.62 bits per heavy atom. The van der Waals surface area contributed by atoms with Crippen LogP contribution in [0.4, 0.5) is 0 Å². The van der Waals surface area contributed by atoms with Crippen molar-refractivity contribution in [1.82, 2.24) is 20.2 Å². The van der Waals surface area contributed by atoms with Crippen LogP contribution in [0.2, 0.25) is 0 Å². The number of aryl methyl sites for hydroxylation is 1. The van der Waals surface area contributed by atoms with E-state index < -0.39 is 5.97 Å². The van der Waals surface area contributed by atoms with E-state index in [4.69, 9.17) is 4.74 Å². The highest BCUT2D eigenvalue weighted by Crippen LogP contribution is 2.22. The molecule has 0 aliphatic carbocycles. The third kappa shape index (κ3) is 4.30. The van der Waals surface area contributed by atoms with Crippen molar-refractivity contribution in [2.45, 2.75) is 6.92 Å². The highest BCUT2D eigenvalue weighted by Gasteiger charge is 2.20. The summed E-state index contributed by atoms with van der Waals surface area (Å²) in [5.74, 6) is -0.535. The topological polar surface area (TPSA) is 87.0 Å². The minimum absolute atomic E-state index is 0.124. The fourth-order valence-corrected chi connectivity index (χ4v) is 3.42. The van der Waals surface area contributed by atoms with E-state index in [1.54, 1.807) is 25.1 Å². The third-order valence-electron chi connectivity index (χ3n) is 3.35. The Hall–Kier alpha value is -2.65. The number of rotatable bonds is 6. The molecule has 26 heavy (non-hydrogen) atoms. The molecule has 9 heteroatoms. The normalized spacial score (nSPS) is 11.4. The number of thiophene rings is 1. The fourth-order valence-electron chi connectivity index (χ4n) is 2.11. The van der Waals surface area contributed by atoms with Gasteiger partial charge in [-0.25, -0.2) is 4.79 Å². The number of hydrogen-bond donors (Lipinski definition) is 0. The number of ether oxygens (including phenoxy) is 1. The van der Waals surface area contributed by atoms with E-state index in [0.29, 0.717) is 10.7 Å². The molecule has 0 bridgehead atoms. The van der Waals surface area contributed by atoms with Gasteiger partial charge in [-0.3, -0.25) is 4.79 Å². The maximum atomic E-state index is 12.6. The first-order valence-corrected chi connectivity index (χ1v) is 9.13. The summed E-state index contributed by atoms with van der Waals surface area (Å²) >= 11 is 4.58. The van der Waals surface area contributed by atoms with Crippen LogP contribution in [-0.2, 0) is 9.53 Å². The summed E-state index contributed by atoms with van der Waals surface area (Å²) in [4.78, 5) is 25.2. The standard InChI is InChI=1S/C17H13BrN4O3S/c1-11-19-20-21-22(11)13(9-12-5-3-2-4-6-12)17(24)25-10-14(23)15-7-8-16(18)26-15/h2-9H,10H2,1H3/b13-9-. The van der Waals surface area contributed by atoms with Crippen LogP contribution in [0.3, 0.4) is 0 Å². The van der Waals surface area contributed by atoms with Gasteiger partial charge in [-0.15, -0.1) is 16.4 Å². The summed E-state index contributed by atoms with van der Waals surface area (Å²) in [6.07, 6.45) is 1.61. The van der Waals surface area contributed by atoms with Crippen molar-refractivity contribution in [2.24, 2.45) is 0 Å². The number of Topliss-reactive ketones (excluding diaryl/α,β-unsaturated/α-hetero) is 1. The predicted molar refractivity (Wildman–Crippen MR) is 100 cm³/mol. The third-order valence-corrected chi connectivity index (χ3v) is 5.01. The maximum absolute atomic E-state index is 12.6. The summed E-state index contributed by atoms with van der Waals surface area (Å²) < 4.78 is 7.31. The first-order valence-electron chi connectivity index (χ1n) is 7.52. The fraction of sp³-hybridized carbons (Fsp3) is 0.118. The average molecular weight is 433 g/mol. The lowest BCUT2D eigenvalue weighted by Crippen LogP contribution is -2.18. The van der Waals surface area contributed by atoms with Crippen LogP contribution in [0.1, 0.15) is 21.1 Å². The van der Waals surface area contributed by atoms with Crippen LogP contribution in [-0.4, -0.2) is 38.6 Å². The van der Waals surface area contributed by atoms with Crippen LogP contribution >= 0.6 is 27.3 Å². The smallest absolute Gasteiger partial charge is 0.357 e. The molecule has 1 aromatic carbocycles. The second kappa shape index (κ2) is 8.15. The number of ketones is 1. The molecule has 0 amide bonds. The van der Waals surface area contributed by atoms with Gasteiger partial charge >= 0.3 is 5.97 Å². The molecule has 132 valence electrons. The zero-order valence-corrected chi connectivity index (χ0v) is 16.0. The van der Waals surface area contributed by atoms with Crippen LogP contribution in [0.15, 0.2) is 46.3 Å². The van der Waals surface area contributed by atoms with Gasteiger partial charge in [0.25, 0.3) is 0 Å². The quantitative estimate of drug-likeness (QED) is 0.337. The largest absolute Gasteiger partial charge is 0.453 e. The van der Waals surface area contributed by atoms with Crippen LogP contribution in [0.5, 0.6) is 0 Å². The number of carbonyl (C=O) groups is 2. The Labute approximate surface area is 161 Å². The van der Waals surface area contributed by atoms with E-state index in [1.165, 1.54) is 16.0 Å². The van der Waals surface area contributed by atoms with Gasteiger partial charge in [0.05, 0.1) is 8.66 Å². The zero-order chi connectivity index (χ0) is 18.5. The minimum Gasteiger partial charge on any atom is -0.453 e. The van der Waals surface area contributed by atoms with Crippen molar-refractivity contribution >= 4 is 50.8 Å². The molecule has 0 aliphatic rings. The number of benzene rings is 1. The van der Waals surface area contributed by atoms with Gasteiger partial charge in [-0.05, 0) is 57.1 Å². The predicted octanol–water partition coefficient (Wildman–Crippen LogP) is 3.23. The summed E-state index contributed by atoms with van der Waals surface area (Å²) in [5.41, 5.74) is 0.904. The van der Waals surface area contributed by atoms with Crippen LogP contribution in [0.25, 0.3) is 11.8 Å². The Balaban J connectivity index is 1.80. The maximum Gasteiger partial charge on any atom is 0.357 e. The van der Waals surface area contributed by atoms with E-state index in [-0.39, 0.29) is 18.1 Å². The molecule has 0 spiro atoms. The van der Waals surface area contributed by atoms with E-state index in [1.807, 2.05) is 30.3 Å². The Bertz CT molecular complexity index is 965. The Morgan fingerprint density at radius 1 is 1.23 bits per heavy atom. The molecule has 3 rings (SSSR count). The first kappa shape index (κ1) is 18.2. The monoisotopic (exact) mass is 432 g/mol. The van der Waals surface area contributed by atoms with E-state index in [2.05, 4.69) is 31.5 Å². The molecule has 0 saturated heterocycles. The van der Waals surface area contributed by atoms with Crippen LogP contribution in [0, 0.1) is 6.92 Å². The van der Waals surface area contributed by atoms with Gasteiger partial charge in [0.1, 0.15) is 0 Å². The summed E-state index contributed by atoms with van der Waals surface area (Å²) in [7, 11) is 0. The number of hydrogen-bond acceptors (Lipinski definition) is 7. The van der Waals surface area contributed by atoms with Gasteiger partial charge in [-0.2, -0.15) is 4.68 Å². The van der Waals surface area contributed by atoms with Crippen molar-refractivity contribution in [3.63, 3.8) is 0 Å². The van der Waals surface area contributed by atoms with Crippen molar-refractivity contribution in [3.8, 4) is 0 Å². The van der Waals surface area contributed by atoms with Crippen molar-refractivity contribution in [1.29, 1.82) is 0 Å². The molecule has 0 unspecified atom stereocenters.